The molecule has 0 amide bonds. The maximum absolute atomic E-state index is 8.74. The summed E-state index contributed by atoms with van der Waals surface area (Å²) in [6.45, 7) is 1.46. The molecule has 0 aromatic carbocycles. The van der Waals surface area contributed by atoms with Crippen LogP contribution in [0.4, 0.5) is 0 Å². The molecular formula is C5H20N4O6S. The summed E-state index contributed by atoms with van der Waals surface area (Å²) in [5, 5.41) is 9.45. The third-order valence-corrected chi connectivity index (χ3v) is 0.946. The lowest BCUT2D eigenvalue weighted by atomic mass is 10.3. The lowest BCUT2D eigenvalue weighted by Crippen LogP contribution is -2.31. The number of hydrogen-bond donors (Lipinski definition) is 6. The molecule has 0 fully saturated rings. The number of nitrogens with two attached hydrogens (primary N) is 2. The predicted molar refractivity (Wildman–Crippen MR) is 59.6 cm³/mol. The van der Waals surface area contributed by atoms with Crippen molar-refractivity contribution in [2.24, 2.45) is 11.5 Å². The highest BCUT2D eigenvalue weighted by Crippen LogP contribution is 1.80. The summed E-state index contributed by atoms with van der Waals surface area (Å²) in [6.07, 6.45) is 1.97. The summed E-state index contributed by atoms with van der Waals surface area (Å²) in [5.74, 6) is 0.0343. The van der Waals surface area contributed by atoms with E-state index in [4.69, 9.17) is 34.4 Å². The Morgan fingerprint density at radius 2 is 1.62 bits per heavy atom. The van der Waals surface area contributed by atoms with Gasteiger partial charge >= 0.3 is 10.4 Å². The van der Waals surface area contributed by atoms with Crippen LogP contribution in [0.1, 0.15) is 12.8 Å². The Labute approximate surface area is 93.7 Å². The van der Waals surface area contributed by atoms with Gasteiger partial charge in [-0.1, -0.05) is 0 Å². The van der Waals surface area contributed by atoms with Gasteiger partial charge in [-0.3, -0.25) is 14.5 Å². The van der Waals surface area contributed by atoms with Crippen LogP contribution in [-0.4, -0.2) is 47.5 Å². The van der Waals surface area contributed by atoms with E-state index < -0.39 is 10.4 Å². The van der Waals surface area contributed by atoms with E-state index in [1.54, 1.807) is 0 Å². The largest absolute Gasteiger partial charge is 0.412 e. The first-order chi connectivity index (χ1) is 6.27. The molecule has 0 aliphatic heterocycles. The van der Waals surface area contributed by atoms with Crippen molar-refractivity contribution < 1.29 is 28.5 Å². The molecule has 0 unspecified atom stereocenters. The summed E-state index contributed by atoms with van der Waals surface area (Å²) in [4.78, 5) is 0. The molecule has 0 saturated carbocycles. The van der Waals surface area contributed by atoms with Crippen molar-refractivity contribution in [3.05, 3.63) is 0 Å². The standard InChI is InChI=1S/C5H14N4.H2O4S.2H2O/c6-3-1-2-4-9-5(7)8;1-5(2,3)4;;/h1-4,6H2,(H4,7,8,9);(H2,1,2,3,4);2*1H2. The molecule has 0 rings (SSSR count). The van der Waals surface area contributed by atoms with Gasteiger partial charge in [-0.05, 0) is 19.4 Å². The van der Waals surface area contributed by atoms with Crippen LogP contribution in [-0.2, 0) is 10.4 Å². The van der Waals surface area contributed by atoms with Gasteiger partial charge in [0.15, 0.2) is 5.96 Å². The van der Waals surface area contributed by atoms with E-state index in [1.807, 2.05) is 0 Å². The van der Waals surface area contributed by atoms with Gasteiger partial charge < -0.3 is 27.7 Å². The van der Waals surface area contributed by atoms with Crippen molar-refractivity contribution in [2.45, 2.75) is 12.8 Å². The van der Waals surface area contributed by atoms with Gasteiger partial charge in [0, 0.05) is 6.54 Å². The van der Waals surface area contributed by atoms with Crippen LogP contribution in [0, 0.1) is 5.41 Å². The minimum atomic E-state index is -4.67. The van der Waals surface area contributed by atoms with E-state index in [-0.39, 0.29) is 16.9 Å². The number of unbranched alkanes of at least 4 members (excludes halogenated alkanes) is 1. The number of rotatable bonds is 4. The summed E-state index contributed by atoms with van der Waals surface area (Å²) in [6, 6.07) is 0. The highest BCUT2D eigenvalue weighted by atomic mass is 32.3. The predicted octanol–water partition coefficient (Wildman–Crippen LogP) is -3.09. The van der Waals surface area contributed by atoms with Crippen LogP contribution < -0.4 is 16.8 Å². The van der Waals surface area contributed by atoms with Gasteiger partial charge in [0.05, 0.1) is 0 Å². The van der Waals surface area contributed by atoms with Crippen LogP contribution >= 0.6 is 0 Å². The molecule has 12 N–H and O–H groups in total. The van der Waals surface area contributed by atoms with Gasteiger partial charge in [0.2, 0.25) is 0 Å². The second-order valence-electron chi connectivity index (χ2n) is 2.28. The van der Waals surface area contributed by atoms with Crippen molar-refractivity contribution in [3.63, 3.8) is 0 Å². The highest BCUT2D eigenvalue weighted by Gasteiger charge is 1.85. The van der Waals surface area contributed by atoms with E-state index >= 15 is 0 Å². The molecule has 0 aromatic rings. The molecule has 0 radical (unpaired) electrons. The first-order valence-corrected chi connectivity index (χ1v) is 5.15. The Kier molecular flexibility index (Phi) is 21.3. The van der Waals surface area contributed by atoms with Gasteiger partial charge in [0.25, 0.3) is 0 Å². The van der Waals surface area contributed by atoms with Gasteiger partial charge in [-0.15, -0.1) is 0 Å². The average molecular weight is 264 g/mol. The van der Waals surface area contributed by atoms with Crippen LogP contribution in [0.3, 0.4) is 0 Å². The first kappa shape index (κ1) is 24.3. The molecule has 0 aliphatic carbocycles. The van der Waals surface area contributed by atoms with Crippen molar-refractivity contribution in [2.75, 3.05) is 13.1 Å². The van der Waals surface area contributed by atoms with Crippen molar-refractivity contribution in [3.8, 4) is 0 Å². The average Bonchev–Trinajstić information content (AvgIpc) is 1.94. The zero-order valence-corrected chi connectivity index (χ0v) is 9.42. The molecule has 0 aromatic heterocycles. The van der Waals surface area contributed by atoms with Crippen LogP contribution in [0.25, 0.3) is 0 Å². The maximum Gasteiger partial charge on any atom is 0.394 e. The monoisotopic (exact) mass is 264 g/mol. The molecule has 0 saturated heterocycles. The lowest BCUT2D eigenvalue weighted by Gasteiger charge is -2.00. The fourth-order valence-corrected chi connectivity index (χ4v) is 0.492. The molecular weight excluding hydrogens is 244 g/mol. The van der Waals surface area contributed by atoms with Gasteiger partial charge in [0.1, 0.15) is 0 Å². The minimum Gasteiger partial charge on any atom is -0.412 e. The fraction of sp³-hybridized carbons (Fsp3) is 0.800. The minimum absolute atomic E-state index is 0. The van der Waals surface area contributed by atoms with Crippen molar-refractivity contribution >= 4 is 16.4 Å². The first-order valence-electron chi connectivity index (χ1n) is 3.75. The Morgan fingerprint density at radius 3 is 1.88 bits per heavy atom. The van der Waals surface area contributed by atoms with Crippen LogP contribution in [0.2, 0.25) is 0 Å². The second kappa shape index (κ2) is 14.0. The third-order valence-electron chi connectivity index (χ3n) is 0.946. The summed E-state index contributed by atoms with van der Waals surface area (Å²) in [5.41, 5.74) is 10.2. The Bertz CT molecular complexity index is 235. The molecule has 10 nitrogen and oxygen atoms in total. The Balaban J connectivity index is -0.0000000904. The number of guanidine groups is 1. The normalized spacial score (nSPS) is 8.69. The van der Waals surface area contributed by atoms with E-state index in [1.165, 1.54) is 0 Å². The maximum atomic E-state index is 8.74. The molecule has 0 spiro atoms. The molecule has 0 bridgehead atoms. The Hall–Kier alpha value is -0.980. The highest BCUT2D eigenvalue weighted by molar-refractivity contribution is 7.79. The second-order valence-corrected chi connectivity index (χ2v) is 3.18. The topological polar surface area (TPSA) is 226 Å². The van der Waals surface area contributed by atoms with Gasteiger partial charge in [-0.2, -0.15) is 8.42 Å². The molecule has 0 atom stereocenters. The SMILES string of the molecule is N=C(N)NCCCCN.O.O.O=S(=O)(O)O. The number of nitrogens with one attached hydrogen (secondary N) is 2. The molecule has 0 aliphatic rings. The molecule has 16 heavy (non-hydrogen) atoms. The summed E-state index contributed by atoms with van der Waals surface area (Å²) < 4.78 is 31.6. The third kappa shape index (κ3) is 74.6. The molecule has 11 heteroatoms. The summed E-state index contributed by atoms with van der Waals surface area (Å²) >= 11 is 0. The molecule has 0 heterocycles. The van der Waals surface area contributed by atoms with E-state index in [9.17, 15) is 0 Å². The van der Waals surface area contributed by atoms with E-state index in [0.717, 1.165) is 19.4 Å². The number of hydrogen-bond acceptors (Lipinski definition) is 4. The smallest absolute Gasteiger partial charge is 0.394 e. The zero-order valence-electron chi connectivity index (χ0n) is 8.60. The van der Waals surface area contributed by atoms with E-state index in [2.05, 4.69) is 5.32 Å². The summed E-state index contributed by atoms with van der Waals surface area (Å²) in [7, 11) is -4.67. The quantitative estimate of drug-likeness (QED) is 0.132. The zero-order chi connectivity index (χ0) is 11.6. The Morgan fingerprint density at radius 1 is 1.25 bits per heavy atom. The lowest BCUT2D eigenvalue weighted by molar-refractivity contribution is 0.381. The van der Waals surface area contributed by atoms with Crippen molar-refractivity contribution in [1.82, 2.24) is 5.32 Å². The fourth-order valence-electron chi connectivity index (χ4n) is 0.492. The van der Waals surface area contributed by atoms with Crippen LogP contribution in [0.5, 0.6) is 0 Å². The van der Waals surface area contributed by atoms with Gasteiger partial charge in [-0.25, -0.2) is 0 Å². The molecule has 102 valence electrons. The van der Waals surface area contributed by atoms with Crippen LogP contribution in [0.15, 0.2) is 0 Å². The van der Waals surface area contributed by atoms with E-state index in [0.29, 0.717) is 6.54 Å². The van der Waals surface area contributed by atoms with Crippen molar-refractivity contribution in [1.29, 1.82) is 5.41 Å².